The lowest BCUT2D eigenvalue weighted by Gasteiger charge is -2.13. The van der Waals surface area contributed by atoms with Gasteiger partial charge in [0, 0.05) is 5.69 Å². The fourth-order valence-corrected chi connectivity index (χ4v) is 5.98. The number of fused-ring (bicyclic) bond motifs is 1. The molecular weight excluding hydrogens is 525 g/mol. The van der Waals surface area contributed by atoms with Crippen molar-refractivity contribution < 1.29 is 9.21 Å². The van der Waals surface area contributed by atoms with Crippen LogP contribution in [0.3, 0.4) is 0 Å². The van der Waals surface area contributed by atoms with E-state index in [-0.39, 0.29) is 17.2 Å². The van der Waals surface area contributed by atoms with Crippen molar-refractivity contribution in [2.45, 2.75) is 32.0 Å². The first-order valence-corrected chi connectivity index (χ1v) is 13.9. The maximum atomic E-state index is 13.8. The van der Waals surface area contributed by atoms with Crippen LogP contribution in [0.4, 0.5) is 0 Å². The maximum absolute atomic E-state index is 13.8. The van der Waals surface area contributed by atoms with Gasteiger partial charge in [0.15, 0.2) is 14.8 Å². The fourth-order valence-electron chi connectivity index (χ4n) is 3.84. The molecular formula is C27H24N4O3S3. The van der Waals surface area contributed by atoms with E-state index >= 15 is 0 Å². The molecule has 188 valence electrons. The second-order valence-corrected chi connectivity index (χ2v) is 11.0. The van der Waals surface area contributed by atoms with Gasteiger partial charge in [-0.05, 0) is 67.5 Å². The Balaban J connectivity index is 1.57. The smallest absolute Gasteiger partial charge is 0.278 e. The predicted octanol–water partition coefficient (Wildman–Crippen LogP) is 5.84. The third-order valence-corrected chi connectivity index (χ3v) is 8.13. The van der Waals surface area contributed by atoms with Gasteiger partial charge >= 0.3 is 0 Å². The highest BCUT2D eigenvalue weighted by molar-refractivity contribution is 7.99. The normalized spacial score (nSPS) is 11.2. The minimum absolute atomic E-state index is 0.0839. The Kier molecular flexibility index (Phi) is 7.40. The van der Waals surface area contributed by atoms with E-state index in [1.54, 1.807) is 23.0 Å². The monoisotopic (exact) mass is 548 g/mol. The molecule has 10 heteroatoms. The first-order chi connectivity index (χ1) is 17.9. The lowest BCUT2D eigenvalue weighted by Crippen LogP contribution is -2.26. The minimum Gasteiger partial charge on any atom is -0.467 e. The number of hydrogen-bond donors (Lipinski definition) is 1. The standard InChI is InChI=1S/C27H24N4O3S3/c1-3-18-8-12-19(13-9-18)30-24-23(37-27(30)35)25(33)31(20-10-6-17(2)7-11-20)26(29-24)36-16-22(32)28-15-21-5-4-14-34-21/h4-14H,3,15-16H2,1-2H3,(H,28,32). The second kappa shape index (κ2) is 10.9. The van der Waals surface area contributed by atoms with Gasteiger partial charge in [0.25, 0.3) is 5.56 Å². The summed E-state index contributed by atoms with van der Waals surface area (Å²) in [6.45, 7) is 4.38. The van der Waals surface area contributed by atoms with Crippen LogP contribution in [0.25, 0.3) is 21.7 Å². The van der Waals surface area contributed by atoms with Crippen LogP contribution in [0.2, 0.25) is 0 Å². The highest BCUT2D eigenvalue weighted by atomic mass is 32.2. The molecule has 2 aromatic carbocycles. The largest absolute Gasteiger partial charge is 0.467 e. The Labute approximate surface area is 226 Å². The molecule has 7 nitrogen and oxygen atoms in total. The molecule has 0 aliphatic rings. The summed E-state index contributed by atoms with van der Waals surface area (Å²) in [7, 11) is 0. The predicted molar refractivity (Wildman–Crippen MR) is 151 cm³/mol. The zero-order valence-electron chi connectivity index (χ0n) is 20.3. The molecule has 0 fully saturated rings. The number of aryl methyl sites for hydroxylation is 2. The highest BCUT2D eigenvalue weighted by Crippen LogP contribution is 2.27. The van der Waals surface area contributed by atoms with Gasteiger partial charge in [0.2, 0.25) is 5.91 Å². The van der Waals surface area contributed by atoms with E-state index in [1.165, 1.54) is 28.7 Å². The van der Waals surface area contributed by atoms with Gasteiger partial charge in [0.05, 0.1) is 24.2 Å². The Bertz CT molecular complexity index is 1670. The third kappa shape index (κ3) is 5.31. The Morgan fingerprint density at radius 3 is 2.46 bits per heavy atom. The SMILES string of the molecule is CCc1ccc(-n2c(=S)sc3c(=O)n(-c4ccc(C)cc4)c(SCC(=O)NCc4ccco4)nc32)cc1. The number of carbonyl (C=O) groups is 1. The summed E-state index contributed by atoms with van der Waals surface area (Å²) in [6, 6.07) is 19.3. The van der Waals surface area contributed by atoms with Crippen molar-refractivity contribution in [3.8, 4) is 11.4 Å². The minimum atomic E-state index is -0.215. The average molecular weight is 549 g/mol. The lowest BCUT2D eigenvalue weighted by molar-refractivity contribution is -0.118. The summed E-state index contributed by atoms with van der Waals surface area (Å²) in [5.41, 5.74) is 4.09. The molecule has 0 aliphatic heterocycles. The molecule has 1 N–H and O–H groups in total. The zero-order chi connectivity index (χ0) is 25.9. The van der Waals surface area contributed by atoms with Crippen LogP contribution in [0.5, 0.6) is 0 Å². The lowest BCUT2D eigenvalue weighted by atomic mass is 10.1. The number of aromatic nitrogens is 3. The highest BCUT2D eigenvalue weighted by Gasteiger charge is 2.20. The van der Waals surface area contributed by atoms with E-state index in [4.69, 9.17) is 21.6 Å². The van der Waals surface area contributed by atoms with Crippen molar-refractivity contribution in [3.63, 3.8) is 0 Å². The number of nitrogens with one attached hydrogen (secondary N) is 1. The van der Waals surface area contributed by atoms with E-state index in [2.05, 4.69) is 12.2 Å². The first kappa shape index (κ1) is 25.2. The van der Waals surface area contributed by atoms with Crippen LogP contribution in [-0.2, 0) is 17.8 Å². The topological polar surface area (TPSA) is 82.1 Å². The number of carbonyl (C=O) groups excluding carboxylic acids is 1. The number of benzene rings is 2. The molecule has 1 amide bonds. The number of nitrogens with zero attached hydrogens (tertiary/aromatic N) is 3. The van der Waals surface area contributed by atoms with E-state index in [9.17, 15) is 9.59 Å². The average Bonchev–Trinajstić information content (AvgIpc) is 3.55. The molecule has 0 atom stereocenters. The Morgan fingerprint density at radius 2 is 1.78 bits per heavy atom. The van der Waals surface area contributed by atoms with Crippen molar-refractivity contribution in [1.29, 1.82) is 0 Å². The molecule has 3 aromatic heterocycles. The number of furan rings is 1. The van der Waals surface area contributed by atoms with Crippen molar-refractivity contribution in [2.24, 2.45) is 0 Å². The van der Waals surface area contributed by atoms with Crippen molar-refractivity contribution in [1.82, 2.24) is 19.4 Å². The summed E-state index contributed by atoms with van der Waals surface area (Å²) in [5.74, 6) is 0.560. The van der Waals surface area contributed by atoms with Gasteiger partial charge in [-0.3, -0.25) is 18.7 Å². The molecule has 0 spiro atoms. The van der Waals surface area contributed by atoms with Crippen LogP contribution >= 0.6 is 35.3 Å². The maximum Gasteiger partial charge on any atom is 0.278 e. The van der Waals surface area contributed by atoms with E-state index in [0.717, 1.165) is 17.7 Å². The van der Waals surface area contributed by atoms with Gasteiger partial charge in [0.1, 0.15) is 10.5 Å². The van der Waals surface area contributed by atoms with E-state index < -0.39 is 0 Å². The molecule has 0 aliphatic carbocycles. The number of amides is 1. The van der Waals surface area contributed by atoms with Crippen LogP contribution in [0.1, 0.15) is 23.8 Å². The molecule has 0 saturated heterocycles. The summed E-state index contributed by atoms with van der Waals surface area (Å²) in [4.78, 5) is 31.3. The van der Waals surface area contributed by atoms with E-state index in [0.29, 0.717) is 37.5 Å². The number of rotatable bonds is 8. The van der Waals surface area contributed by atoms with Crippen LogP contribution in [0.15, 0.2) is 81.3 Å². The van der Waals surface area contributed by atoms with Gasteiger partial charge in [-0.15, -0.1) is 0 Å². The molecule has 0 radical (unpaired) electrons. The number of hydrogen-bond acceptors (Lipinski definition) is 7. The Morgan fingerprint density at radius 1 is 1.08 bits per heavy atom. The summed E-state index contributed by atoms with van der Waals surface area (Å²) in [6.07, 6.45) is 2.49. The van der Waals surface area contributed by atoms with Crippen LogP contribution in [-0.4, -0.2) is 25.8 Å². The molecule has 0 unspecified atom stereocenters. The van der Waals surface area contributed by atoms with Gasteiger partial charge in [-0.25, -0.2) is 4.98 Å². The molecule has 5 aromatic rings. The molecule has 5 rings (SSSR count). The van der Waals surface area contributed by atoms with Crippen molar-refractivity contribution >= 4 is 51.6 Å². The number of thioether (sulfide) groups is 1. The van der Waals surface area contributed by atoms with Crippen molar-refractivity contribution in [2.75, 3.05) is 5.75 Å². The molecule has 37 heavy (non-hydrogen) atoms. The fraction of sp³-hybridized carbons (Fsp3) is 0.185. The van der Waals surface area contributed by atoms with Crippen LogP contribution in [0, 0.1) is 10.9 Å². The third-order valence-electron chi connectivity index (χ3n) is 5.84. The molecule has 3 heterocycles. The van der Waals surface area contributed by atoms with Crippen LogP contribution < -0.4 is 10.9 Å². The number of thiazole rings is 1. The molecule has 0 bridgehead atoms. The van der Waals surface area contributed by atoms with Crippen molar-refractivity contribution in [3.05, 3.63) is 98.1 Å². The summed E-state index contributed by atoms with van der Waals surface area (Å²) < 4.78 is 9.67. The first-order valence-electron chi connectivity index (χ1n) is 11.7. The Hall–Kier alpha value is -3.47. The summed E-state index contributed by atoms with van der Waals surface area (Å²) >= 11 is 8.12. The second-order valence-electron chi connectivity index (χ2n) is 8.39. The van der Waals surface area contributed by atoms with E-state index in [1.807, 2.05) is 60.0 Å². The van der Waals surface area contributed by atoms with Gasteiger partial charge in [-0.2, -0.15) is 0 Å². The summed E-state index contributed by atoms with van der Waals surface area (Å²) in [5, 5.41) is 3.26. The zero-order valence-corrected chi connectivity index (χ0v) is 22.7. The van der Waals surface area contributed by atoms with Gasteiger partial charge in [-0.1, -0.05) is 59.9 Å². The molecule has 0 saturated carbocycles. The quantitative estimate of drug-likeness (QED) is 0.149. The van der Waals surface area contributed by atoms with Gasteiger partial charge < -0.3 is 9.73 Å².